The molecule has 0 aliphatic heterocycles. The Morgan fingerprint density at radius 1 is 1.30 bits per heavy atom. The van der Waals surface area contributed by atoms with E-state index in [1.54, 1.807) is 23.0 Å². The molecule has 30 heavy (non-hydrogen) atoms. The molecule has 3 rings (SSSR count). The molecule has 0 aliphatic carbocycles. The highest BCUT2D eigenvalue weighted by molar-refractivity contribution is 7.15. The van der Waals surface area contributed by atoms with Crippen molar-refractivity contribution in [1.82, 2.24) is 14.7 Å². The second kappa shape index (κ2) is 9.42. The first-order valence-corrected chi connectivity index (χ1v) is 10.5. The molecule has 0 radical (unpaired) electrons. The van der Waals surface area contributed by atoms with Crippen molar-refractivity contribution in [2.24, 2.45) is 7.05 Å². The minimum Gasteiger partial charge on any atom is -0.465 e. The van der Waals surface area contributed by atoms with E-state index in [4.69, 9.17) is 16.3 Å². The number of aryl methyl sites for hydroxylation is 1. The number of carbonyl (C=O) groups is 2. The van der Waals surface area contributed by atoms with Gasteiger partial charge >= 0.3 is 5.97 Å². The Morgan fingerprint density at radius 2 is 2.00 bits per heavy atom. The molecule has 2 aromatic heterocycles. The topological polar surface area (TPSA) is 76.5 Å². The van der Waals surface area contributed by atoms with Crippen LogP contribution < -0.4 is 5.32 Å². The first-order valence-electron chi connectivity index (χ1n) is 9.21. The number of hydrogen-bond donors (Lipinski definition) is 1. The van der Waals surface area contributed by atoms with E-state index in [-0.39, 0.29) is 12.5 Å². The zero-order chi connectivity index (χ0) is 21.8. The Balaban J connectivity index is 1.75. The number of likely N-dealkylation sites (N-methyl/N-ethyl adjacent to an activating group) is 1. The molecule has 0 spiro atoms. The molecule has 7 nitrogen and oxygen atoms in total. The van der Waals surface area contributed by atoms with Crippen LogP contribution >= 0.6 is 22.9 Å². The number of nitrogens with one attached hydrogen (secondary N) is 1. The molecule has 1 N–H and O–H groups in total. The number of amides is 1. The first kappa shape index (κ1) is 22.0. The monoisotopic (exact) mass is 446 g/mol. The molecule has 0 atom stereocenters. The van der Waals surface area contributed by atoms with Crippen LogP contribution in [0.25, 0.3) is 11.1 Å². The smallest absolute Gasteiger partial charge is 0.341 e. The summed E-state index contributed by atoms with van der Waals surface area (Å²) in [5.41, 5.74) is 3.97. The Kier molecular flexibility index (Phi) is 6.91. The molecule has 1 amide bonds. The fourth-order valence-electron chi connectivity index (χ4n) is 3.05. The number of thiophene rings is 1. The van der Waals surface area contributed by atoms with Gasteiger partial charge in [0, 0.05) is 40.8 Å². The maximum absolute atomic E-state index is 12.6. The number of hydrogen-bond acceptors (Lipinski definition) is 6. The molecule has 0 saturated carbocycles. The van der Waals surface area contributed by atoms with Gasteiger partial charge in [-0.2, -0.15) is 5.10 Å². The van der Waals surface area contributed by atoms with Gasteiger partial charge in [-0.15, -0.1) is 11.3 Å². The van der Waals surface area contributed by atoms with Gasteiger partial charge in [0.05, 0.1) is 19.9 Å². The lowest BCUT2D eigenvalue weighted by molar-refractivity contribution is -0.117. The fraction of sp³-hybridized carbons (Fsp3) is 0.286. The number of carbonyl (C=O) groups excluding carboxylic acids is 2. The number of anilines is 1. The van der Waals surface area contributed by atoms with E-state index in [1.807, 2.05) is 43.4 Å². The number of ether oxygens (including phenoxy) is 1. The molecule has 0 bridgehead atoms. The molecule has 1 aromatic carbocycles. The number of nitrogens with zero attached hydrogens (tertiary/aromatic N) is 3. The van der Waals surface area contributed by atoms with E-state index in [1.165, 1.54) is 18.4 Å². The molecule has 9 heteroatoms. The summed E-state index contributed by atoms with van der Waals surface area (Å²) >= 11 is 7.25. The Labute approximate surface area is 184 Å². The molecule has 2 heterocycles. The van der Waals surface area contributed by atoms with Gasteiger partial charge in [0.2, 0.25) is 5.91 Å². The van der Waals surface area contributed by atoms with Crippen LogP contribution in [0.4, 0.5) is 5.00 Å². The summed E-state index contributed by atoms with van der Waals surface area (Å²) in [7, 11) is 5.07. The number of rotatable bonds is 7. The number of aromatic nitrogens is 2. The maximum atomic E-state index is 12.6. The lowest BCUT2D eigenvalue weighted by atomic mass is 10.0. The third kappa shape index (κ3) is 4.89. The van der Waals surface area contributed by atoms with Crippen LogP contribution in [0.5, 0.6) is 0 Å². The van der Waals surface area contributed by atoms with E-state index >= 15 is 0 Å². The number of esters is 1. The predicted octanol–water partition coefficient (Wildman–Crippen LogP) is 3.97. The quantitative estimate of drug-likeness (QED) is 0.556. The summed E-state index contributed by atoms with van der Waals surface area (Å²) in [6.45, 7) is 2.75. The van der Waals surface area contributed by atoms with Gasteiger partial charge in [-0.05, 0) is 31.7 Å². The van der Waals surface area contributed by atoms with Crippen molar-refractivity contribution in [2.75, 3.05) is 26.0 Å². The highest BCUT2D eigenvalue weighted by Crippen LogP contribution is 2.36. The molecule has 158 valence electrons. The zero-order valence-corrected chi connectivity index (χ0v) is 18.8. The number of methoxy groups -OCH3 is 1. The van der Waals surface area contributed by atoms with Crippen molar-refractivity contribution in [3.8, 4) is 11.1 Å². The number of benzene rings is 1. The van der Waals surface area contributed by atoms with Crippen molar-refractivity contribution in [3.05, 3.63) is 57.7 Å². The van der Waals surface area contributed by atoms with Gasteiger partial charge in [-0.25, -0.2) is 4.79 Å². The summed E-state index contributed by atoms with van der Waals surface area (Å²) in [5, 5.41) is 9.97. The van der Waals surface area contributed by atoms with E-state index in [0.29, 0.717) is 27.7 Å². The van der Waals surface area contributed by atoms with Crippen molar-refractivity contribution in [2.45, 2.75) is 13.5 Å². The highest BCUT2D eigenvalue weighted by atomic mass is 35.5. The van der Waals surface area contributed by atoms with Crippen molar-refractivity contribution >= 4 is 39.8 Å². The Morgan fingerprint density at radius 3 is 2.60 bits per heavy atom. The molecule has 0 aliphatic rings. The van der Waals surface area contributed by atoms with Gasteiger partial charge < -0.3 is 10.1 Å². The van der Waals surface area contributed by atoms with E-state index in [9.17, 15) is 9.59 Å². The van der Waals surface area contributed by atoms with Crippen LogP contribution in [0.1, 0.15) is 21.6 Å². The van der Waals surface area contributed by atoms with Crippen molar-refractivity contribution < 1.29 is 14.3 Å². The second-order valence-electron chi connectivity index (χ2n) is 6.95. The maximum Gasteiger partial charge on any atom is 0.341 e. The molecule has 0 fully saturated rings. The summed E-state index contributed by atoms with van der Waals surface area (Å²) in [6, 6.07) is 7.16. The van der Waals surface area contributed by atoms with Gasteiger partial charge in [-0.1, -0.05) is 23.7 Å². The molecular formula is C21H23ClN4O3S. The molecule has 0 unspecified atom stereocenters. The lowest BCUT2D eigenvalue weighted by Gasteiger charge is -2.16. The third-order valence-electron chi connectivity index (χ3n) is 4.78. The minimum atomic E-state index is -0.504. The normalized spacial score (nSPS) is 11.0. The summed E-state index contributed by atoms with van der Waals surface area (Å²) in [6.07, 6.45) is 1.80. The summed E-state index contributed by atoms with van der Waals surface area (Å²) in [5.74, 6) is -0.718. The average molecular weight is 447 g/mol. The van der Waals surface area contributed by atoms with E-state index in [0.717, 1.165) is 16.8 Å². The van der Waals surface area contributed by atoms with E-state index < -0.39 is 5.97 Å². The Bertz CT molecular complexity index is 1060. The van der Waals surface area contributed by atoms with Crippen molar-refractivity contribution in [3.63, 3.8) is 0 Å². The lowest BCUT2D eigenvalue weighted by Crippen LogP contribution is -2.30. The fourth-order valence-corrected chi connectivity index (χ4v) is 4.15. The van der Waals surface area contributed by atoms with Crippen LogP contribution in [0, 0.1) is 6.92 Å². The van der Waals surface area contributed by atoms with Crippen LogP contribution in [-0.2, 0) is 23.1 Å². The SMILES string of the molecule is COC(=O)c1c(-c2ccc(Cl)cc2)csc1NC(=O)CN(C)Cc1cnn(C)c1C. The minimum absolute atomic E-state index is 0.170. The zero-order valence-electron chi connectivity index (χ0n) is 17.2. The third-order valence-corrected chi connectivity index (χ3v) is 5.93. The van der Waals surface area contributed by atoms with Gasteiger partial charge in [0.15, 0.2) is 0 Å². The van der Waals surface area contributed by atoms with Crippen LogP contribution in [-0.4, -0.2) is 47.3 Å². The predicted molar refractivity (Wildman–Crippen MR) is 119 cm³/mol. The Hall–Kier alpha value is -2.68. The van der Waals surface area contributed by atoms with E-state index in [2.05, 4.69) is 10.4 Å². The molecular weight excluding hydrogens is 424 g/mol. The average Bonchev–Trinajstić information content (AvgIpc) is 3.26. The number of halogens is 1. The van der Waals surface area contributed by atoms with Crippen LogP contribution in [0.15, 0.2) is 35.8 Å². The molecule has 3 aromatic rings. The molecule has 0 saturated heterocycles. The summed E-state index contributed by atoms with van der Waals surface area (Å²) < 4.78 is 6.75. The first-order chi connectivity index (χ1) is 14.3. The largest absolute Gasteiger partial charge is 0.465 e. The summed E-state index contributed by atoms with van der Waals surface area (Å²) in [4.78, 5) is 26.9. The van der Waals surface area contributed by atoms with Crippen molar-refractivity contribution in [1.29, 1.82) is 0 Å². The van der Waals surface area contributed by atoms with Crippen LogP contribution in [0.3, 0.4) is 0 Å². The van der Waals surface area contributed by atoms with Gasteiger partial charge in [-0.3, -0.25) is 14.4 Å². The van der Waals surface area contributed by atoms with Gasteiger partial charge in [0.1, 0.15) is 10.6 Å². The standard InChI is InChI=1S/C21H23ClN4O3S/c1-13-15(9-23-26(13)3)10-25(2)11-18(27)24-20-19(21(28)29-4)17(12-30-20)14-5-7-16(22)8-6-14/h5-9,12H,10-11H2,1-4H3,(H,24,27). The van der Waals surface area contributed by atoms with Gasteiger partial charge in [0.25, 0.3) is 0 Å². The van der Waals surface area contributed by atoms with Crippen LogP contribution in [0.2, 0.25) is 5.02 Å². The highest BCUT2D eigenvalue weighted by Gasteiger charge is 2.22. The second-order valence-corrected chi connectivity index (χ2v) is 8.27.